The number of thiazole rings is 1. The molecule has 5 nitrogen and oxygen atoms in total. The minimum Gasteiger partial charge on any atom is -0.326 e. The number of hydrogen-bond acceptors (Lipinski definition) is 4. The number of carbonyl (C=O) groups excluding carboxylic acids is 1. The van der Waals surface area contributed by atoms with Crippen LogP contribution in [0.4, 0.5) is 10.1 Å². The van der Waals surface area contributed by atoms with E-state index in [9.17, 15) is 9.18 Å². The van der Waals surface area contributed by atoms with E-state index in [1.165, 1.54) is 17.4 Å². The first kappa shape index (κ1) is 16.2. The Bertz CT molecular complexity index is 981. The molecule has 0 saturated heterocycles. The Kier molecular flexibility index (Phi) is 4.05. The summed E-state index contributed by atoms with van der Waals surface area (Å²) in [6.07, 6.45) is 3.16. The zero-order chi connectivity index (χ0) is 17.6. The normalized spacial score (nSPS) is 13.6. The number of hydrogen-bond donors (Lipinski definition) is 1. The second-order valence-corrected chi connectivity index (χ2v) is 7.23. The second-order valence-electron chi connectivity index (χ2n) is 5.90. The molecule has 1 aliphatic heterocycles. The van der Waals surface area contributed by atoms with Crippen LogP contribution in [0.5, 0.6) is 0 Å². The number of carbonyl (C=O) groups is 1. The van der Waals surface area contributed by atoms with Crippen LogP contribution in [0.3, 0.4) is 0 Å². The highest BCUT2D eigenvalue weighted by atomic mass is 35.5. The van der Waals surface area contributed by atoms with Crippen molar-refractivity contribution in [2.75, 3.05) is 5.32 Å². The summed E-state index contributed by atoms with van der Waals surface area (Å²) >= 11 is 7.46. The summed E-state index contributed by atoms with van der Waals surface area (Å²) in [5, 5.41) is 5.95. The molecule has 0 atom stereocenters. The number of aryl methyl sites for hydroxylation is 1. The highest BCUT2D eigenvalue weighted by Crippen LogP contribution is 2.32. The largest absolute Gasteiger partial charge is 0.326 e. The summed E-state index contributed by atoms with van der Waals surface area (Å²) in [5.41, 5.74) is 2.53. The molecular formula is C17H14ClFN4OS. The van der Waals surface area contributed by atoms with E-state index in [1.807, 2.05) is 12.4 Å². The summed E-state index contributed by atoms with van der Waals surface area (Å²) in [5.74, 6) is 0.335. The van der Waals surface area contributed by atoms with E-state index >= 15 is 0 Å². The summed E-state index contributed by atoms with van der Waals surface area (Å²) in [6, 6.07) is 3.15. The van der Waals surface area contributed by atoms with Crippen LogP contribution in [0.2, 0.25) is 5.15 Å². The first-order valence-electron chi connectivity index (χ1n) is 7.74. The fourth-order valence-corrected chi connectivity index (χ4v) is 3.78. The van der Waals surface area contributed by atoms with E-state index in [4.69, 9.17) is 11.6 Å². The summed E-state index contributed by atoms with van der Waals surface area (Å²) in [4.78, 5) is 20.2. The predicted octanol–water partition coefficient (Wildman–Crippen LogP) is 3.81. The van der Waals surface area contributed by atoms with Crippen LogP contribution in [0.15, 0.2) is 23.7 Å². The number of nitrogens with one attached hydrogen (secondary N) is 1. The van der Waals surface area contributed by atoms with Gasteiger partial charge in [-0.15, -0.1) is 11.3 Å². The molecule has 3 heterocycles. The lowest BCUT2D eigenvalue weighted by Crippen LogP contribution is -2.19. The van der Waals surface area contributed by atoms with Gasteiger partial charge in [0.15, 0.2) is 0 Å². The molecule has 1 amide bonds. The number of anilines is 1. The molecule has 0 aliphatic carbocycles. The smallest absolute Gasteiger partial charge is 0.224 e. The van der Waals surface area contributed by atoms with Crippen molar-refractivity contribution in [1.82, 2.24) is 14.5 Å². The maximum Gasteiger partial charge on any atom is 0.224 e. The quantitative estimate of drug-likeness (QED) is 0.756. The molecule has 25 heavy (non-hydrogen) atoms. The Morgan fingerprint density at radius 3 is 3.00 bits per heavy atom. The molecule has 1 aromatic carbocycles. The summed E-state index contributed by atoms with van der Waals surface area (Å²) in [7, 11) is 1.84. The van der Waals surface area contributed by atoms with Gasteiger partial charge in [-0.05, 0) is 24.1 Å². The number of rotatable bonds is 3. The molecule has 0 unspecified atom stereocenters. The van der Waals surface area contributed by atoms with E-state index in [0.717, 1.165) is 16.4 Å². The third-order valence-electron chi connectivity index (χ3n) is 4.25. The predicted molar refractivity (Wildman–Crippen MR) is 95.5 cm³/mol. The summed E-state index contributed by atoms with van der Waals surface area (Å²) in [6.45, 7) is 0. The van der Waals surface area contributed by atoms with Crippen LogP contribution in [-0.2, 0) is 24.7 Å². The zero-order valence-corrected chi connectivity index (χ0v) is 14.9. The fraction of sp³-hybridized carbons (Fsp3) is 0.235. The van der Waals surface area contributed by atoms with Gasteiger partial charge in [0.2, 0.25) is 5.91 Å². The van der Waals surface area contributed by atoms with Crippen molar-refractivity contribution in [2.45, 2.75) is 19.3 Å². The second kappa shape index (κ2) is 6.24. The number of imidazole rings is 1. The van der Waals surface area contributed by atoms with Crippen LogP contribution in [0, 0.1) is 5.82 Å². The van der Waals surface area contributed by atoms with E-state index in [2.05, 4.69) is 15.3 Å². The lowest BCUT2D eigenvalue weighted by molar-refractivity contribution is -0.116. The van der Waals surface area contributed by atoms with Crippen molar-refractivity contribution >= 4 is 34.5 Å². The summed E-state index contributed by atoms with van der Waals surface area (Å²) < 4.78 is 16.3. The molecule has 128 valence electrons. The minimum absolute atomic E-state index is 0.0793. The standard InChI is InChI=1S/C17H14ClFN4OS/c1-23-14(18)7-20-15(23)6-17-22-13(8-25-17)10-4-9-2-3-16(24)21-12(9)5-11(10)19/h4-5,7-8H,2-3,6H2,1H3,(H,21,24). The maximum absolute atomic E-state index is 14.5. The first-order valence-corrected chi connectivity index (χ1v) is 9.00. The van der Waals surface area contributed by atoms with Gasteiger partial charge in [-0.25, -0.2) is 14.4 Å². The average molecular weight is 377 g/mol. The fourth-order valence-electron chi connectivity index (χ4n) is 2.84. The van der Waals surface area contributed by atoms with Crippen molar-refractivity contribution in [3.63, 3.8) is 0 Å². The van der Waals surface area contributed by atoms with Crippen LogP contribution in [0.25, 0.3) is 11.3 Å². The molecule has 2 aromatic heterocycles. The number of amides is 1. The number of benzene rings is 1. The monoisotopic (exact) mass is 376 g/mol. The molecule has 1 aliphatic rings. The van der Waals surface area contributed by atoms with Crippen molar-refractivity contribution in [1.29, 1.82) is 0 Å². The van der Waals surface area contributed by atoms with Gasteiger partial charge in [0.1, 0.15) is 21.8 Å². The number of fused-ring (bicyclic) bond motifs is 1. The third-order valence-corrected chi connectivity index (χ3v) is 5.45. The van der Waals surface area contributed by atoms with Crippen LogP contribution in [-0.4, -0.2) is 20.4 Å². The van der Waals surface area contributed by atoms with Gasteiger partial charge in [0.25, 0.3) is 0 Å². The van der Waals surface area contributed by atoms with Gasteiger partial charge in [-0.3, -0.25) is 4.79 Å². The van der Waals surface area contributed by atoms with E-state index in [-0.39, 0.29) is 5.91 Å². The van der Waals surface area contributed by atoms with Crippen LogP contribution in [0.1, 0.15) is 22.8 Å². The van der Waals surface area contributed by atoms with Crippen molar-refractivity contribution < 1.29 is 9.18 Å². The highest BCUT2D eigenvalue weighted by molar-refractivity contribution is 7.10. The lowest BCUT2D eigenvalue weighted by Gasteiger charge is -2.17. The van der Waals surface area contributed by atoms with Crippen LogP contribution >= 0.6 is 22.9 Å². The Balaban J connectivity index is 1.64. The minimum atomic E-state index is -0.391. The average Bonchev–Trinajstić information content (AvgIpc) is 3.16. The number of aromatic nitrogens is 3. The molecule has 0 fully saturated rings. The van der Waals surface area contributed by atoms with Crippen molar-refractivity contribution in [2.24, 2.45) is 7.05 Å². The van der Waals surface area contributed by atoms with E-state index in [1.54, 1.807) is 16.8 Å². The van der Waals surface area contributed by atoms with E-state index in [0.29, 0.717) is 41.4 Å². The molecule has 0 spiro atoms. The molecule has 0 bridgehead atoms. The zero-order valence-electron chi connectivity index (χ0n) is 13.3. The highest BCUT2D eigenvalue weighted by Gasteiger charge is 2.19. The van der Waals surface area contributed by atoms with E-state index < -0.39 is 5.82 Å². The Morgan fingerprint density at radius 2 is 2.24 bits per heavy atom. The van der Waals surface area contributed by atoms with Gasteiger partial charge < -0.3 is 9.88 Å². The maximum atomic E-state index is 14.5. The van der Waals surface area contributed by atoms with Crippen molar-refractivity contribution in [3.8, 4) is 11.3 Å². The Hall–Kier alpha value is -2.25. The molecule has 1 N–H and O–H groups in total. The molecule has 0 saturated carbocycles. The topological polar surface area (TPSA) is 59.8 Å². The Morgan fingerprint density at radius 1 is 1.40 bits per heavy atom. The molecule has 4 rings (SSSR count). The molecule has 0 radical (unpaired) electrons. The number of halogens is 2. The van der Waals surface area contributed by atoms with Gasteiger partial charge >= 0.3 is 0 Å². The third kappa shape index (κ3) is 3.05. The SMILES string of the molecule is Cn1c(Cl)cnc1Cc1nc(-c2cc3c(cc2F)NC(=O)CC3)cs1. The Labute approximate surface area is 152 Å². The van der Waals surface area contributed by atoms with Gasteiger partial charge in [-0.2, -0.15) is 0 Å². The van der Waals surface area contributed by atoms with Crippen molar-refractivity contribution in [3.05, 3.63) is 51.1 Å². The van der Waals surface area contributed by atoms with Gasteiger partial charge in [0, 0.05) is 30.1 Å². The molecule has 3 aromatic rings. The first-order chi connectivity index (χ1) is 12.0. The van der Waals surface area contributed by atoms with Gasteiger partial charge in [0.05, 0.1) is 18.3 Å². The molecule has 8 heteroatoms. The number of nitrogens with zero attached hydrogens (tertiary/aromatic N) is 3. The van der Waals surface area contributed by atoms with Crippen LogP contribution < -0.4 is 5.32 Å². The van der Waals surface area contributed by atoms with Gasteiger partial charge in [-0.1, -0.05) is 11.6 Å². The lowest BCUT2D eigenvalue weighted by atomic mass is 9.99. The molecular weight excluding hydrogens is 363 g/mol.